The molecule has 0 radical (unpaired) electrons. The summed E-state index contributed by atoms with van der Waals surface area (Å²) in [6, 6.07) is 13.9. The minimum absolute atomic E-state index is 0.187. The zero-order valence-corrected chi connectivity index (χ0v) is 13.5. The lowest BCUT2D eigenvalue weighted by atomic mass is 9.87. The van der Waals surface area contributed by atoms with Crippen molar-refractivity contribution in [1.82, 2.24) is 0 Å². The van der Waals surface area contributed by atoms with Gasteiger partial charge in [-0.2, -0.15) is 0 Å². The summed E-state index contributed by atoms with van der Waals surface area (Å²) in [6.45, 7) is 2.69. The van der Waals surface area contributed by atoms with Crippen LogP contribution in [-0.2, 0) is 0 Å². The van der Waals surface area contributed by atoms with E-state index in [1.807, 2.05) is 43.3 Å². The van der Waals surface area contributed by atoms with Gasteiger partial charge in [-0.1, -0.05) is 45.8 Å². The SMILES string of the molecule is Cc1ccc(Br)c(C(=O)CC2CCOc3ccccc32)c1. The van der Waals surface area contributed by atoms with E-state index in [1.165, 1.54) is 0 Å². The second-order valence-electron chi connectivity index (χ2n) is 5.48. The van der Waals surface area contributed by atoms with Crippen molar-refractivity contribution >= 4 is 21.7 Å². The van der Waals surface area contributed by atoms with Gasteiger partial charge in [0.15, 0.2) is 5.78 Å². The lowest BCUT2D eigenvalue weighted by molar-refractivity contribution is 0.0965. The van der Waals surface area contributed by atoms with Crippen molar-refractivity contribution in [2.75, 3.05) is 6.61 Å². The van der Waals surface area contributed by atoms with Gasteiger partial charge < -0.3 is 4.74 Å². The van der Waals surface area contributed by atoms with Crippen LogP contribution in [0.1, 0.15) is 40.2 Å². The summed E-state index contributed by atoms with van der Waals surface area (Å²) in [5.41, 5.74) is 3.04. The van der Waals surface area contributed by atoms with Crippen molar-refractivity contribution in [3.8, 4) is 5.75 Å². The maximum atomic E-state index is 12.6. The number of ketones is 1. The number of hydrogen-bond donors (Lipinski definition) is 0. The molecule has 0 bridgehead atoms. The Morgan fingerprint density at radius 1 is 1.29 bits per heavy atom. The predicted molar refractivity (Wildman–Crippen MR) is 87.1 cm³/mol. The van der Waals surface area contributed by atoms with Gasteiger partial charge in [0.05, 0.1) is 6.61 Å². The van der Waals surface area contributed by atoms with E-state index in [1.54, 1.807) is 0 Å². The van der Waals surface area contributed by atoms with E-state index >= 15 is 0 Å². The maximum absolute atomic E-state index is 12.6. The van der Waals surface area contributed by atoms with E-state index in [0.717, 1.165) is 33.3 Å². The summed E-state index contributed by atoms with van der Waals surface area (Å²) in [6.07, 6.45) is 1.43. The Labute approximate surface area is 133 Å². The highest BCUT2D eigenvalue weighted by Crippen LogP contribution is 2.36. The molecule has 1 aliphatic heterocycles. The van der Waals surface area contributed by atoms with Crippen LogP contribution in [0, 0.1) is 6.92 Å². The molecule has 0 aromatic heterocycles. The molecular formula is C18H17BrO2. The number of halogens is 1. The topological polar surface area (TPSA) is 26.3 Å². The minimum atomic E-state index is 0.187. The van der Waals surface area contributed by atoms with Crippen LogP contribution in [0.3, 0.4) is 0 Å². The van der Waals surface area contributed by atoms with Crippen LogP contribution >= 0.6 is 15.9 Å². The van der Waals surface area contributed by atoms with Gasteiger partial charge in [-0.15, -0.1) is 0 Å². The molecule has 0 saturated heterocycles. The van der Waals surface area contributed by atoms with Crippen molar-refractivity contribution < 1.29 is 9.53 Å². The highest BCUT2D eigenvalue weighted by Gasteiger charge is 2.24. The average Bonchev–Trinajstić information content (AvgIpc) is 2.50. The molecule has 2 aromatic carbocycles. The van der Waals surface area contributed by atoms with Crippen LogP contribution in [0.4, 0.5) is 0 Å². The number of carbonyl (C=O) groups excluding carboxylic acids is 1. The minimum Gasteiger partial charge on any atom is -0.493 e. The van der Waals surface area contributed by atoms with Gasteiger partial charge in [0, 0.05) is 16.5 Å². The largest absolute Gasteiger partial charge is 0.493 e. The third-order valence-electron chi connectivity index (χ3n) is 3.94. The van der Waals surface area contributed by atoms with E-state index in [-0.39, 0.29) is 11.7 Å². The fourth-order valence-corrected chi connectivity index (χ4v) is 3.28. The molecule has 0 saturated carbocycles. The van der Waals surface area contributed by atoms with Crippen LogP contribution in [0.25, 0.3) is 0 Å². The lowest BCUT2D eigenvalue weighted by Crippen LogP contribution is -2.17. The van der Waals surface area contributed by atoms with E-state index in [0.29, 0.717) is 13.0 Å². The third kappa shape index (κ3) is 3.03. The third-order valence-corrected chi connectivity index (χ3v) is 4.63. The molecule has 1 heterocycles. The van der Waals surface area contributed by atoms with Crippen LogP contribution in [0.2, 0.25) is 0 Å². The van der Waals surface area contributed by atoms with Gasteiger partial charge in [-0.3, -0.25) is 4.79 Å². The summed E-state index contributed by atoms with van der Waals surface area (Å²) >= 11 is 3.48. The number of hydrogen-bond acceptors (Lipinski definition) is 2. The first-order valence-electron chi connectivity index (χ1n) is 7.16. The number of para-hydroxylation sites is 1. The first-order valence-corrected chi connectivity index (χ1v) is 7.95. The van der Waals surface area contributed by atoms with Gasteiger partial charge in [-0.05, 0) is 43.0 Å². The Bertz CT molecular complexity index is 679. The van der Waals surface area contributed by atoms with Gasteiger partial charge >= 0.3 is 0 Å². The van der Waals surface area contributed by atoms with E-state index in [9.17, 15) is 4.79 Å². The fourth-order valence-electron chi connectivity index (χ4n) is 2.81. The van der Waals surface area contributed by atoms with Crippen molar-refractivity contribution in [3.05, 3.63) is 63.6 Å². The number of rotatable bonds is 3. The number of aryl methyl sites for hydroxylation is 1. The van der Waals surface area contributed by atoms with Gasteiger partial charge in [0.1, 0.15) is 5.75 Å². The molecule has 3 rings (SSSR count). The molecule has 0 aliphatic carbocycles. The second-order valence-corrected chi connectivity index (χ2v) is 6.34. The average molecular weight is 345 g/mol. The summed E-state index contributed by atoms with van der Waals surface area (Å²) in [5, 5.41) is 0. The molecule has 0 fully saturated rings. The van der Waals surface area contributed by atoms with Gasteiger partial charge in [0.2, 0.25) is 0 Å². The van der Waals surface area contributed by atoms with Gasteiger partial charge in [-0.25, -0.2) is 0 Å². The van der Waals surface area contributed by atoms with E-state index in [2.05, 4.69) is 22.0 Å². The fraction of sp³-hybridized carbons (Fsp3) is 0.278. The summed E-state index contributed by atoms with van der Waals surface area (Å²) in [7, 11) is 0. The standard InChI is InChI=1S/C18H17BrO2/c1-12-6-7-16(19)15(10-12)17(20)11-13-8-9-21-18-5-3-2-4-14(13)18/h2-7,10,13H,8-9,11H2,1H3. The second kappa shape index (κ2) is 6.02. The molecule has 1 atom stereocenters. The smallest absolute Gasteiger partial charge is 0.164 e. The van der Waals surface area contributed by atoms with Crippen molar-refractivity contribution in [2.24, 2.45) is 0 Å². The Morgan fingerprint density at radius 2 is 2.10 bits per heavy atom. The van der Waals surface area contributed by atoms with Crippen molar-refractivity contribution in [2.45, 2.75) is 25.7 Å². The van der Waals surface area contributed by atoms with Crippen LogP contribution in [0.5, 0.6) is 5.75 Å². The molecule has 0 N–H and O–H groups in total. The van der Waals surface area contributed by atoms with E-state index in [4.69, 9.17) is 4.74 Å². The molecule has 21 heavy (non-hydrogen) atoms. The molecule has 108 valence electrons. The van der Waals surface area contributed by atoms with Crippen molar-refractivity contribution in [1.29, 1.82) is 0 Å². The Kier molecular flexibility index (Phi) is 4.11. The van der Waals surface area contributed by atoms with Crippen LogP contribution in [0.15, 0.2) is 46.9 Å². The number of fused-ring (bicyclic) bond motifs is 1. The first-order chi connectivity index (χ1) is 10.1. The Hall–Kier alpha value is -1.61. The molecule has 0 amide bonds. The zero-order chi connectivity index (χ0) is 14.8. The molecule has 1 aliphatic rings. The lowest BCUT2D eigenvalue weighted by Gasteiger charge is -2.25. The molecule has 0 spiro atoms. The van der Waals surface area contributed by atoms with Crippen LogP contribution < -0.4 is 4.74 Å². The number of Topliss-reactive ketones (excluding diaryl/α,β-unsaturated/α-hetero) is 1. The Morgan fingerprint density at radius 3 is 2.95 bits per heavy atom. The van der Waals surface area contributed by atoms with Gasteiger partial charge in [0.25, 0.3) is 0 Å². The maximum Gasteiger partial charge on any atom is 0.164 e. The molecule has 1 unspecified atom stereocenters. The Balaban J connectivity index is 1.84. The molecule has 3 heteroatoms. The first kappa shape index (κ1) is 14.3. The summed E-state index contributed by atoms with van der Waals surface area (Å²) in [4.78, 5) is 12.6. The number of carbonyl (C=O) groups is 1. The highest BCUT2D eigenvalue weighted by atomic mass is 79.9. The number of benzene rings is 2. The summed E-state index contributed by atoms with van der Waals surface area (Å²) in [5.74, 6) is 1.35. The molecular weight excluding hydrogens is 328 g/mol. The monoisotopic (exact) mass is 344 g/mol. The predicted octanol–water partition coefficient (Wildman–Crippen LogP) is 4.90. The molecule has 2 aromatic rings. The van der Waals surface area contributed by atoms with Crippen molar-refractivity contribution in [3.63, 3.8) is 0 Å². The zero-order valence-electron chi connectivity index (χ0n) is 11.9. The number of ether oxygens (including phenoxy) is 1. The summed E-state index contributed by atoms with van der Waals surface area (Å²) < 4.78 is 6.54. The quantitative estimate of drug-likeness (QED) is 0.740. The van der Waals surface area contributed by atoms with Crippen LogP contribution in [-0.4, -0.2) is 12.4 Å². The highest BCUT2D eigenvalue weighted by molar-refractivity contribution is 9.10. The normalized spacial score (nSPS) is 17.0. The van der Waals surface area contributed by atoms with E-state index < -0.39 is 0 Å². The molecule has 2 nitrogen and oxygen atoms in total.